The molecule has 2 rings (SSSR count). The Kier molecular flexibility index (Phi) is 4.06. The van der Waals surface area contributed by atoms with Crippen LogP contribution in [0, 0.1) is 6.92 Å². The van der Waals surface area contributed by atoms with Crippen LogP contribution in [-0.4, -0.2) is 5.11 Å². The molecule has 0 unspecified atom stereocenters. The smallest absolute Gasteiger partial charge is 0.160 e. The molecule has 3 heteroatoms. The van der Waals surface area contributed by atoms with Gasteiger partial charge in [0.1, 0.15) is 0 Å². The van der Waals surface area contributed by atoms with Gasteiger partial charge in [0, 0.05) is 0 Å². The van der Waals surface area contributed by atoms with E-state index in [2.05, 4.69) is 73.1 Å². The van der Waals surface area contributed by atoms with E-state index in [0.29, 0.717) is 0 Å². The van der Waals surface area contributed by atoms with Gasteiger partial charge in [0.2, 0.25) is 0 Å². The summed E-state index contributed by atoms with van der Waals surface area (Å²) >= 11 is 4.09. The van der Waals surface area contributed by atoms with Crippen LogP contribution in [0.4, 0.5) is 0 Å². The quantitative estimate of drug-likeness (QED) is 0.667. The van der Waals surface area contributed by atoms with Crippen molar-refractivity contribution < 1.29 is 0 Å². The van der Waals surface area contributed by atoms with Gasteiger partial charge in [-0.3, -0.25) is 0 Å². The lowest BCUT2D eigenvalue weighted by Crippen LogP contribution is -2.18. The number of hydrogen-bond donors (Lipinski definition) is 2. The SMILES string of the molecule is Cc1cccc2ccccc12.NC(N)=S. The number of aryl methyl sites for hydroxylation is 1. The fourth-order valence-electron chi connectivity index (χ4n) is 1.39. The van der Waals surface area contributed by atoms with E-state index in [1.54, 1.807) is 0 Å². The van der Waals surface area contributed by atoms with Gasteiger partial charge in [0.05, 0.1) is 0 Å². The summed E-state index contributed by atoms with van der Waals surface area (Å²) in [6, 6.07) is 14.8. The highest BCUT2D eigenvalue weighted by Crippen LogP contribution is 2.16. The van der Waals surface area contributed by atoms with Gasteiger partial charge in [0.25, 0.3) is 0 Å². The average Bonchev–Trinajstić information content (AvgIpc) is 2.18. The molecule has 0 saturated carbocycles. The van der Waals surface area contributed by atoms with Crippen molar-refractivity contribution >= 4 is 28.1 Å². The van der Waals surface area contributed by atoms with Gasteiger partial charge < -0.3 is 11.5 Å². The number of nitrogens with two attached hydrogens (primary N) is 2. The molecule has 0 saturated heterocycles. The molecule has 78 valence electrons. The Hall–Kier alpha value is -1.61. The summed E-state index contributed by atoms with van der Waals surface area (Å²) < 4.78 is 0. The summed E-state index contributed by atoms with van der Waals surface area (Å²) in [7, 11) is 0. The van der Waals surface area contributed by atoms with Crippen LogP contribution in [0.3, 0.4) is 0 Å². The predicted octanol–water partition coefficient (Wildman–Crippen LogP) is 2.34. The molecule has 0 aromatic heterocycles. The standard InChI is InChI=1S/C11H10.CH4N2S/c1-9-5-4-7-10-6-2-3-8-11(9)10;2-1(3)4/h2-8H,1H3;(H4,2,3,4). The van der Waals surface area contributed by atoms with Gasteiger partial charge in [-0.2, -0.15) is 0 Å². The Morgan fingerprint density at radius 1 is 1.00 bits per heavy atom. The van der Waals surface area contributed by atoms with Crippen molar-refractivity contribution in [2.45, 2.75) is 6.92 Å². The fraction of sp³-hybridized carbons (Fsp3) is 0.0833. The van der Waals surface area contributed by atoms with Crippen molar-refractivity contribution in [3.8, 4) is 0 Å². The summed E-state index contributed by atoms with van der Waals surface area (Å²) in [6.45, 7) is 2.14. The maximum atomic E-state index is 4.62. The summed E-state index contributed by atoms with van der Waals surface area (Å²) in [5.41, 5.74) is 10.6. The third kappa shape index (κ3) is 3.56. The van der Waals surface area contributed by atoms with E-state index in [1.165, 1.54) is 16.3 Å². The monoisotopic (exact) mass is 218 g/mol. The van der Waals surface area contributed by atoms with Crippen LogP contribution in [0.15, 0.2) is 42.5 Å². The molecule has 0 aliphatic carbocycles. The average molecular weight is 218 g/mol. The van der Waals surface area contributed by atoms with Crippen molar-refractivity contribution in [1.82, 2.24) is 0 Å². The topological polar surface area (TPSA) is 52.0 Å². The van der Waals surface area contributed by atoms with Crippen molar-refractivity contribution in [2.24, 2.45) is 11.5 Å². The molecule has 2 nitrogen and oxygen atoms in total. The number of benzene rings is 2. The number of rotatable bonds is 0. The van der Waals surface area contributed by atoms with Crippen molar-refractivity contribution in [1.29, 1.82) is 0 Å². The van der Waals surface area contributed by atoms with E-state index in [0.717, 1.165) is 0 Å². The molecule has 2 aromatic carbocycles. The van der Waals surface area contributed by atoms with Gasteiger partial charge >= 0.3 is 0 Å². The van der Waals surface area contributed by atoms with E-state index in [1.807, 2.05) is 0 Å². The van der Waals surface area contributed by atoms with E-state index in [9.17, 15) is 0 Å². The van der Waals surface area contributed by atoms with Gasteiger partial charge in [0.15, 0.2) is 5.11 Å². The summed E-state index contributed by atoms with van der Waals surface area (Å²) in [6.07, 6.45) is 0. The van der Waals surface area contributed by atoms with E-state index in [-0.39, 0.29) is 5.11 Å². The van der Waals surface area contributed by atoms with Crippen LogP contribution in [-0.2, 0) is 0 Å². The van der Waals surface area contributed by atoms with E-state index < -0.39 is 0 Å². The second-order valence-corrected chi connectivity index (χ2v) is 3.67. The summed E-state index contributed by atoms with van der Waals surface area (Å²) in [4.78, 5) is 0. The first-order chi connectivity index (χ1) is 7.11. The van der Waals surface area contributed by atoms with Crippen molar-refractivity contribution in [3.05, 3.63) is 48.0 Å². The summed E-state index contributed by atoms with van der Waals surface area (Å²) in [5.74, 6) is 0. The molecule has 0 fully saturated rings. The number of thiocarbonyl (C=S) groups is 1. The number of fused-ring (bicyclic) bond motifs is 1. The molecular formula is C12H14N2S. The maximum absolute atomic E-state index is 4.62. The van der Waals surface area contributed by atoms with Gasteiger partial charge in [-0.15, -0.1) is 0 Å². The van der Waals surface area contributed by atoms with Crippen LogP contribution in [0.25, 0.3) is 10.8 Å². The molecule has 0 heterocycles. The van der Waals surface area contributed by atoms with Gasteiger partial charge in [-0.05, 0) is 35.5 Å². The van der Waals surface area contributed by atoms with Crippen LogP contribution in [0.2, 0.25) is 0 Å². The minimum atomic E-state index is 0.000000000000000222. The van der Waals surface area contributed by atoms with Gasteiger partial charge in [-0.1, -0.05) is 42.5 Å². The Morgan fingerprint density at radius 2 is 1.53 bits per heavy atom. The van der Waals surface area contributed by atoms with Gasteiger partial charge in [-0.25, -0.2) is 0 Å². The molecule has 2 aromatic rings. The van der Waals surface area contributed by atoms with Crippen LogP contribution >= 0.6 is 12.2 Å². The lowest BCUT2D eigenvalue weighted by atomic mass is 10.1. The molecule has 15 heavy (non-hydrogen) atoms. The molecule has 4 N–H and O–H groups in total. The normalized spacial score (nSPS) is 9.13. The Labute approximate surface area is 94.9 Å². The highest BCUT2D eigenvalue weighted by Gasteiger charge is 1.92. The highest BCUT2D eigenvalue weighted by atomic mass is 32.1. The highest BCUT2D eigenvalue weighted by molar-refractivity contribution is 7.80. The van der Waals surface area contributed by atoms with Crippen LogP contribution in [0.5, 0.6) is 0 Å². The lowest BCUT2D eigenvalue weighted by Gasteiger charge is -1.98. The third-order valence-electron chi connectivity index (χ3n) is 2.01. The zero-order valence-corrected chi connectivity index (χ0v) is 9.42. The second kappa shape index (κ2) is 5.32. The Morgan fingerprint density at radius 3 is 2.13 bits per heavy atom. The van der Waals surface area contributed by atoms with E-state index in [4.69, 9.17) is 0 Å². The van der Waals surface area contributed by atoms with Crippen LogP contribution < -0.4 is 11.5 Å². The van der Waals surface area contributed by atoms with E-state index >= 15 is 0 Å². The lowest BCUT2D eigenvalue weighted by molar-refractivity contribution is 1.53. The van der Waals surface area contributed by atoms with Crippen molar-refractivity contribution in [3.63, 3.8) is 0 Å². The maximum Gasteiger partial charge on any atom is 0.160 e. The Bertz CT molecular complexity index is 457. The minimum absolute atomic E-state index is 0.000000000000000222. The molecule has 0 radical (unpaired) electrons. The summed E-state index contributed by atoms with van der Waals surface area (Å²) in [5, 5.41) is 2.68. The molecule has 0 spiro atoms. The molecule has 0 aliphatic rings. The Balaban J connectivity index is 0.000000245. The van der Waals surface area contributed by atoms with Crippen LogP contribution in [0.1, 0.15) is 5.56 Å². The number of hydrogen-bond acceptors (Lipinski definition) is 1. The molecule has 0 bridgehead atoms. The largest absolute Gasteiger partial charge is 0.377 e. The third-order valence-corrected chi connectivity index (χ3v) is 2.01. The molecule has 0 aliphatic heterocycles. The first-order valence-corrected chi connectivity index (χ1v) is 5.01. The first kappa shape index (κ1) is 11.5. The molecule has 0 amide bonds. The molecule has 0 atom stereocenters. The minimum Gasteiger partial charge on any atom is -0.377 e. The zero-order valence-electron chi connectivity index (χ0n) is 8.60. The first-order valence-electron chi connectivity index (χ1n) is 4.60. The van der Waals surface area contributed by atoms with Crippen molar-refractivity contribution in [2.75, 3.05) is 0 Å². The fourth-order valence-corrected chi connectivity index (χ4v) is 1.39. The molecular weight excluding hydrogens is 204 g/mol. The predicted molar refractivity (Wildman–Crippen MR) is 69.7 cm³/mol. The zero-order chi connectivity index (χ0) is 11.3. The second-order valence-electron chi connectivity index (χ2n) is 3.20.